The molecule has 0 amide bonds. The summed E-state index contributed by atoms with van der Waals surface area (Å²) in [6.07, 6.45) is 6.89. The second-order valence-electron chi connectivity index (χ2n) is 7.20. The molecular weight excluding hydrogens is 341 g/mol. The number of hydrogen-bond donors (Lipinski definition) is 1. The van der Waals surface area contributed by atoms with Crippen molar-refractivity contribution in [3.63, 3.8) is 0 Å². The third-order valence-corrected chi connectivity index (χ3v) is 5.71. The van der Waals surface area contributed by atoms with Gasteiger partial charge in [-0.15, -0.1) is 0 Å². The molecule has 1 aromatic carbocycles. The van der Waals surface area contributed by atoms with Crippen LogP contribution in [0, 0.1) is 17.2 Å². The van der Waals surface area contributed by atoms with Gasteiger partial charge in [-0.2, -0.15) is 5.26 Å². The third kappa shape index (κ3) is 4.36. The minimum absolute atomic E-state index is 0. The van der Waals surface area contributed by atoms with Crippen LogP contribution in [0.3, 0.4) is 0 Å². The monoisotopic (exact) mass is 367 g/mol. The van der Waals surface area contributed by atoms with Crippen molar-refractivity contribution < 1.29 is 19.4 Å². The molecule has 6 heteroatoms. The van der Waals surface area contributed by atoms with Crippen LogP contribution in [0.15, 0.2) is 18.2 Å². The molecule has 2 saturated carbocycles. The summed E-state index contributed by atoms with van der Waals surface area (Å²) in [7, 11) is 1.62. The maximum atomic E-state index is 11.2. The molecule has 1 N–H and O–H groups in total. The van der Waals surface area contributed by atoms with Crippen LogP contribution >= 0.6 is 0 Å². The molecule has 0 radical (unpaired) electrons. The Kier molecular flexibility index (Phi) is 7.40. The van der Waals surface area contributed by atoms with E-state index in [1.807, 2.05) is 18.2 Å². The van der Waals surface area contributed by atoms with Gasteiger partial charge >= 0.3 is 35.5 Å². The van der Waals surface area contributed by atoms with Crippen molar-refractivity contribution >= 4 is 35.5 Å². The van der Waals surface area contributed by atoms with Crippen LogP contribution < -0.4 is 9.47 Å². The molecule has 0 unspecified atom stereocenters. The van der Waals surface area contributed by atoms with E-state index in [1.54, 1.807) is 7.11 Å². The van der Waals surface area contributed by atoms with Gasteiger partial charge in [0.2, 0.25) is 0 Å². The number of methoxy groups -OCH3 is 1. The van der Waals surface area contributed by atoms with Crippen molar-refractivity contribution in [2.24, 2.45) is 5.92 Å². The van der Waals surface area contributed by atoms with Gasteiger partial charge in [0.25, 0.3) is 0 Å². The number of nitrogens with zero attached hydrogens (tertiary/aromatic N) is 1. The predicted molar refractivity (Wildman–Crippen MR) is 99.9 cm³/mol. The van der Waals surface area contributed by atoms with Crippen LogP contribution in [0.25, 0.3) is 0 Å². The molecule has 0 bridgehead atoms. The van der Waals surface area contributed by atoms with Crippen LogP contribution in [0.4, 0.5) is 0 Å². The summed E-state index contributed by atoms with van der Waals surface area (Å²) < 4.78 is 11.6. The first kappa shape index (κ1) is 21.1. The molecule has 5 nitrogen and oxygen atoms in total. The van der Waals surface area contributed by atoms with E-state index in [2.05, 4.69) is 6.07 Å². The first-order valence-corrected chi connectivity index (χ1v) is 9.07. The van der Waals surface area contributed by atoms with Gasteiger partial charge in [0.1, 0.15) is 0 Å². The van der Waals surface area contributed by atoms with E-state index >= 15 is 0 Å². The molecular formula is C20H26NNaO4. The second-order valence-corrected chi connectivity index (χ2v) is 7.20. The molecule has 2 fully saturated rings. The summed E-state index contributed by atoms with van der Waals surface area (Å²) in [6, 6.07) is 8.18. The summed E-state index contributed by atoms with van der Waals surface area (Å²) in [4.78, 5) is 11.2. The standard InChI is InChI=1S/C20H25NO4.Na.H/c1-24-17-7-6-15(12-18(17)25-16-4-2-3-5-16)20(13-21)10-8-14(9-11-20)19(22)23;;/h6-7,12,14,16H,2-5,8-11H2,1H3,(H,22,23);;. The van der Waals surface area contributed by atoms with Gasteiger partial charge < -0.3 is 14.6 Å². The number of carboxylic acid groups (broad SMARTS) is 1. The van der Waals surface area contributed by atoms with E-state index in [0.29, 0.717) is 37.2 Å². The van der Waals surface area contributed by atoms with Gasteiger partial charge in [0.15, 0.2) is 11.5 Å². The van der Waals surface area contributed by atoms with Crippen molar-refractivity contribution in [3.8, 4) is 17.6 Å². The van der Waals surface area contributed by atoms with Crippen LogP contribution in [-0.4, -0.2) is 53.8 Å². The predicted octanol–water partition coefficient (Wildman–Crippen LogP) is 3.40. The molecule has 26 heavy (non-hydrogen) atoms. The normalized spacial score (nSPS) is 25.8. The van der Waals surface area contributed by atoms with E-state index in [-0.39, 0.29) is 41.6 Å². The number of aliphatic carboxylic acids is 1. The van der Waals surface area contributed by atoms with Crippen molar-refractivity contribution in [1.29, 1.82) is 5.26 Å². The van der Waals surface area contributed by atoms with Gasteiger partial charge in [0, 0.05) is 0 Å². The quantitative estimate of drug-likeness (QED) is 0.807. The number of rotatable bonds is 5. The number of carbonyl (C=O) groups is 1. The Hall–Kier alpha value is -1.22. The zero-order chi connectivity index (χ0) is 17.9. The summed E-state index contributed by atoms with van der Waals surface area (Å²) >= 11 is 0. The minimum atomic E-state index is -0.758. The molecule has 136 valence electrons. The Bertz CT molecular complexity index is 671. The average molecular weight is 367 g/mol. The van der Waals surface area contributed by atoms with E-state index in [1.165, 1.54) is 12.8 Å². The van der Waals surface area contributed by atoms with E-state index in [0.717, 1.165) is 18.4 Å². The van der Waals surface area contributed by atoms with Crippen molar-refractivity contribution in [1.82, 2.24) is 0 Å². The molecule has 0 heterocycles. The zero-order valence-electron chi connectivity index (χ0n) is 14.7. The molecule has 0 aromatic heterocycles. The van der Waals surface area contributed by atoms with Crippen LogP contribution in [0.2, 0.25) is 0 Å². The second kappa shape index (κ2) is 9.12. The Morgan fingerprint density at radius 2 is 1.85 bits per heavy atom. The van der Waals surface area contributed by atoms with E-state index < -0.39 is 11.4 Å². The van der Waals surface area contributed by atoms with Crippen LogP contribution in [-0.2, 0) is 10.2 Å². The Labute approximate surface area is 177 Å². The fraction of sp³-hybridized carbons (Fsp3) is 0.600. The van der Waals surface area contributed by atoms with Crippen LogP contribution in [0.5, 0.6) is 11.5 Å². The molecule has 2 aliphatic rings. The first-order chi connectivity index (χ1) is 12.1. The Balaban J connectivity index is 0.00000243. The molecule has 0 aliphatic heterocycles. The molecule has 0 saturated heterocycles. The van der Waals surface area contributed by atoms with Crippen molar-refractivity contribution in [3.05, 3.63) is 23.8 Å². The maximum absolute atomic E-state index is 11.2. The number of benzene rings is 1. The number of carboxylic acids is 1. The zero-order valence-corrected chi connectivity index (χ0v) is 14.7. The van der Waals surface area contributed by atoms with Crippen molar-refractivity contribution in [2.45, 2.75) is 62.9 Å². The summed E-state index contributed by atoms with van der Waals surface area (Å²) in [5.74, 6) is 0.283. The summed E-state index contributed by atoms with van der Waals surface area (Å²) in [6.45, 7) is 0. The average Bonchev–Trinajstić information content (AvgIpc) is 3.14. The number of hydrogen-bond acceptors (Lipinski definition) is 4. The van der Waals surface area contributed by atoms with E-state index in [4.69, 9.17) is 9.47 Å². The SMILES string of the molecule is COc1ccc(C2(C#N)CCC(C(=O)O)CC2)cc1OC1CCCC1.[NaH]. The van der Waals surface area contributed by atoms with E-state index in [9.17, 15) is 15.2 Å². The third-order valence-electron chi connectivity index (χ3n) is 5.71. The molecule has 3 rings (SSSR count). The Morgan fingerprint density at radius 3 is 2.38 bits per heavy atom. The van der Waals surface area contributed by atoms with Gasteiger partial charge in [-0.1, -0.05) is 6.07 Å². The summed E-state index contributed by atoms with van der Waals surface area (Å²) in [5, 5.41) is 19.1. The van der Waals surface area contributed by atoms with Gasteiger partial charge in [-0.25, -0.2) is 0 Å². The fourth-order valence-electron chi connectivity index (χ4n) is 4.07. The Morgan fingerprint density at radius 1 is 1.19 bits per heavy atom. The molecule has 0 spiro atoms. The number of ether oxygens (including phenoxy) is 2. The van der Waals surface area contributed by atoms with Gasteiger partial charge in [-0.05, 0) is 69.1 Å². The van der Waals surface area contributed by atoms with Gasteiger partial charge in [0.05, 0.1) is 30.6 Å². The first-order valence-electron chi connectivity index (χ1n) is 9.07. The number of nitriles is 1. The molecule has 1 aromatic rings. The fourth-order valence-corrected chi connectivity index (χ4v) is 4.07. The molecule has 0 atom stereocenters. The summed E-state index contributed by atoms with van der Waals surface area (Å²) in [5.41, 5.74) is 0.277. The van der Waals surface area contributed by atoms with Gasteiger partial charge in [-0.3, -0.25) is 4.79 Å². The van der Waals surface area contributed by atoms with Crippen LogP contribution in [0.1, 0.15) is 56.9 Å². The topological polar surface area (TPSA) is 79.5 Å². The van der Waals surface area contributed by atoms with Crippen molar-refractivity contribution in [2.75, 3.05) is 7.11 Å². The molecule has 2 aliphatic carbocycles.